The number of hydrogen-bond acceptors (Lipinski definition) is 7. The van der Waals surface area contributed by atoms with Crippen LogP contribution in [-0.2, 0) is 9.59 Å². The number of furan rings is 1. The third-order valence-electron chi connectivity index (χ3n) is 6.03. The molecule has 200 valence electrons. The van der Waals surface area contributed by atoms with Crippen molar-refractivity contribution in [3.63, 3.8) is 0 Å². The van der Waals surface area contributed by atoms with E-state index in [2.05, 4.69) is 22.0 Å². The van der Waals surface area contributed by atoms with E-state index in [0.29, 0.717) is 50.8 Å². The Bertz CT molecular complexity index is 1470. The van der Waals surface area contributed by atoms with E-state index in [1.165, 1.54) is 18.0 Å². The molecule has 1 aliphatic heterocycles. The van der Waals surface area contributed by atoms with Crippen LogP contribution in [0.25, 0.3) is 0 Å². The average molecular weight is 563 g/mol. The van der Waals surface area contributed by atoms with Gasteiger partial charge in [-0.15, -0.1) is 0 Å². The molecule has 3 N–H and O–H groups in total. The van der Waals surface area contributed by atoms with Crippen molar-refractivity contribution in [3.8, 4) is 11.8 Å². The number of rotatable bonds is 9. The molecule has 1 unspecified atom stereocenters. The van der Waals surface area contributed by atoms with Crippen LogP contribution in [0.2, 0.25) is 5.02 Å². The lowest BCUT2D eigenvalue weighted by Crippen LogP contribution is -2.31. The second-order valence-electron chi connectivity index (χ2n) is 8.63. The number of benzene rings is 2. The van der Waals surface area contributed by atoms with E-state index in [9.17, 15) is 14.9 Å². The van der Waals surface area contributed by atoms with Crippen LogP contribution in [0.4, 0.5) is 11.4 Å². The summed E-state index contributed by atoms with van der Waals surface area (Å²) in [5.41, 5.74) is 3.15. The first-order valence-corrected chi connectivity index (χ1v) is 13.6. The van der Waals surface area contributed by atoms with Crippen LogP contribution < -0.4 is 20.7 Å². The summed E-state index contributed by atoms with van der Waals surface area (Å²) < 4.78 is 11.1. The molecular formula is C29H27ClN4O4S. The van der Waals surface area contributed by atoms with Gasteiger partial charge in [0.15, 0.2) is 0 Å². The van der Waals surface area contributed by atoms with Gasteiger partial charge in [-0.2, -0.15) is 5.26 Å². The Morgan fingerprint density at radius 3 is 2.56 bits per heavy atom. The van der Waals surface area contributed by atoms with Gasteiger partial charge in [-0.3, -0.25) is 9.59 Å². The number of nitrogens with one attached hydrogen (secondary N) is 3. The van der Waals surface area contributed by atoms with Crippen molar-refractivity contribution in [1.29, 1.82) is 5.26 Å². The molecule has 2 heterocycles. The smallest absolute Gasteiger partial charge is 0.254 e. The Hall–Kier alpha value is -4.13. The van der Waals surface area contributed by atoms with Gasteiger partial charge in [-0.1, -0.05) is 29.4 Å². The lowest BCUT2D eigenvalue weighted by atomic mass is 9.85. The molecule has 0 radical (unpaired) electrons. The molecule has 2 aromatic carbocycles. The van der Waals surface area contributed by atoms with E-state index in [0.717, 1.165) is 5.56 Å². The van der Waals surface area contributed by atoms with Crippen molar-refractivity contribution in [2.45, 2.75) is 26.7 Å². The molecule has 8 nitrogen and oxygen atoms in total. The van der Waals surface area contributed by atoms with Gasteiger partial charge >= 0.3 is 0 Å². The van der Waals surface area contributed by atoms with Gasteiger partial charge in [0.2, 0.25) is 5.91 Å². The maximum atomic E-state index is 13.5. The fraction of sp³-hybridized carbons (Fsp3) is 0.207. The first-order valence-electron chi connectivity index (χ1n) is 12.2. The van der Waals surface area contributed by atoms with Crippen LogP contribution in [0.3, 0.4) is 0 Å². The number of hydrogen-bond donors (Lipinski definition) is 3. The topological polar surface area (TPSA) is 116 Å². The van der Waals surface area contributed by atoms with Gasteiger partial charge in [0.05, 0.1) is 46.8 Å². The van der Waals surface area contributed by atoms with Crippen LogP contribution in [0.15, 0.2) is 87.1 Å². The average Bonchev–Trinajstić information content (AvgIpc) is 3.45. The largest absolute Gasteiger partial charge is 0.494 e. The highest BCUT2D eigenvalue weighted by molar-refractivity contribution is 8.03. The summed E-state index contributed by atoms with van der Waals surface area (Å²) in [6.45, 7) is 6.02. The number of thioether (sulfide) groups is 1. The fourth-order valence-corrected chi connectivity index (χ4v) is 5.20. The summed E-state index contributed by atoms with van der Waals surface area (Å²) in [5, 5.41) is 20.1. The first kappa shape index (κ1) is 27.9. The monoisotopic (exact) mass is 562 g/mol. The highest BCUT2D eigenvalue weighted by Crippen LogP contribution is 2.41. The number of carbonyl (C=O) groups excluding carboxylic acids is 2. The van der Waals surface area contributed by atoms with E-state index >= 15 is 0 Å². The Labute approximate surface area is 236 Å². The summed E-state index contributed by atoms with van der Waals surface area (Å²) in [4.78, 5) is 26.2. The third-order valence-corrected chi connectivity index (χ3v) is 7.46. The van der Waals surface area contributed by atoms with E-state index in [4.69, 9.17) is 20.8 Å². The number of halogens is 1. The zero-order chi connectivity index (χ0) is 27.9. The van der Waals surface area contributed by atoms with Crippen molar-refractivity contribution in [2.75, 3.05) is 23.0 Å². The Kier molecular flexibility index (Phi) is 9.02. The number of allylic oxidation sites excluding steroid dienone is 2. The summed E-state index contributed by atoms with van der Waals surface area (Å²) in [6, 6.07) is 18.0. The van der Waals surface area contributed by atoms with Crippen molar-refractivity contribution in [3.05, 3.63) is 99.1 Å². The van der Waals surface area contributed by atoms with Gasteiger partial charge in [0.1, 0.15) is 11.5 Å². The number of carbonyl (C=O) groups is 2. The molecule has 1 atom stereocenters. The Balaban J connectivity index is 1.56. The molecule has 39 heavy (non-hydrogen) atoms. The number of dihydropyridines is 1. The first-order chi connectivity index (χ1) is 18.8. The Morgan fingerprint density at radius 2 is 1.90 bits per heavy atom. The number of anilines is 2. The van der Waals surface area contributed by atoms with Gasteiger partial charge in [-0.25, -0.2) is 0 Å². The molecule has 1 aliphatic rings. The molecule has 0 fully saturated rings. The maximum absolute atomic E-state index is 13.5. The van der Waals surface area contributed by atoms with Crippen LogP contribution in [-0.4, -0.2) is 24.2 Å². The van der Waals surface area contributed by atoms with E-state index in [1.54, 1.807) is 61.5 Å². The lowest BCUT2D eigenvalue weighted by Gasteiger charge is -2.28. The molecule has 0 saturated carbocycles. The van der Waals surface area contributed by atoms with Crippen molar-refractivity contribution in [1.82, 2.24) is 5.32 Å². The minimum atomic E-state index is -0.755. The van der Waals surface area contributed by atoms with Crippen molar-refractivity contribution < 1.29 is 18.7 Å². The number of nitriles is 1. The molecular weight excluding hydrogens is 536 g/mol. The van der Waals surface area contributed by atoms with Crippen molar-refractivity contribution >= 4 is 46.6 Å². The number of amides is 2. The molecule has 0 spiro atoms. The summed E-state index contributed by atoms with van der Waals surface area (Å²) >= 11 is 7.34. The molecule has 2 amide bonds. The highest BCUT2D eigenvalue weighted by atomic mass is 35.5. The quantitative estimate of drug-likeness (QED) is 0.278. The second kappa shape index (κ2) is 12.6. The summed E-state index contributed by atoms with van der Waals surface area (Å²) in [7, 11) is 0. The fourth-order valence-electron chi connectivity index (χ4n) is 4.13. The predicted octanol–water partition coefficient (Wildman–Crippen LogP) is 6.35. The molecule has 0 saturated heterocycles. The molecule has 0 bridgehead atoms. The van der Waals surface area contributed by atoms with Crippen LogP contribution in [0, 0.1) is 18.3 Å². The maximum Gasteiger partial charge on any atom is 0.254 e. The molecule has 4 rings (SSSR count). The molecule has 3 aromatic rings. The van der Waals surface area contributed by atoms with Gasteiger partial charge in [0.25, 0.3) is 5.91 Å². The molecule has 0 aliphatic carbocycles. The molecule has 1 aromatic heterocycles. The Morgan fingerprint density at radius 1 is 1.13 bits per heavy atom. The SMILES string of the molecule is CCOc1ccc(NC(=O)C2=C(C)NC(SCC(=O)Nc3cccc(Cl)c3C)=C(C#N)C2c2ccco2)cc1. The number of ether oxygens (including phenoxy) is 1. The third kappa shape index (κ3) is 6.48. The lowest BCUT2D eigenvalue weighted by molar-refractivity contribution is -0.114. The minimum absolute atomic E-state index is 0.0331. The highest BCUT2D eigenvalue weighted by Gasteiger charge is 2.36. The van der Waals surface area contributed by atoms with E-state index in [1.807, 2.05) is 13.8 Å². The van der Waals surface area contributed by atoms with E-state index < -0.39 is 5.92 Å². The standard InChI is InChI=1S/C29H27ClN4O4S/c1-4-37-20-12-10-19(11-13-20)33-28(36)26-18(3)32-29(21(15-31)27(26)24-9-6-14-38-24)39-16-25(35)34-23-8-5-7-22(30)17(23)2/h5-14,27,32H,4,16H2,1-3H3,(H,33,36)(H,34,35). The molecule has 10 heteroatoms. The van der Waals surface area contributed by atoms with Crippen LogP contribution >= 0.6 is 23.4 Å². The van der Waals surface area contributed by atoms with Gasteiger partial charge in [0, 0.05) is 22.1 Å². The van der Waals surface area contributed by atoms with Crippen molar-refractivity contribution in [2.24, 2.45) is 0 Å². The van der Waals surface area contributed by atoms with Gasteiger partial charge in [-0.05, 0) is 74.9 Å². The normalized spacial score (nSPS) is 14.9. The second-order valence-corrected chi connectivity index (χ2v) is 10.0. The zero-order valence-corrected chi connectivity index (χ0v) is 23.2. The minimum Gasteiger partial charge on any atom is -0.494 e. The number of nitrogens with zero attached hydrogens (tertiary/aromatic N) is 1. The van der Waals surface area contributed by atoms with E-state index in [-0.39, 0.29) is 23.1 Å². The summed E-state index contributed by atoms with van der Waals surface area (Å²) in [6.07, 6.45) is 1.50. The zero-order valence-electron chi connectivity index (χ0n) is 21.6. The predicted molar refractivity (Wildman–Crippen MR) is 153 cm³/mol. The summed E-state index contributed by atoms with van der Waals surface area (Å²) in [5.74, 6) is -0.213. The van der Waals surface area contributed by atoms with Gasteiger partial charge < -0.3 is 25.1 Å². The van der Waals surface area contributed by atoms with Crippen LogP contribution in [0.1, 0.15) is 31.1 Å². The van der Waals surface area contributed by atoms with Crippen LogP contribution in [0.5, 0.6) is 5.75 Å².